The van der Waals surface area contributed by atoms with E-state index >= 15 is 0 Å². The van der Waals surface area contributed by atoms with Crippen LogP contribution in [-0.4, -0.2) is 53.0 Å². The molecular formula is C14H22N4O3S. The standard InChI is InChI=1S/C14H22N4O3S/c1-3-6-17(2)14(19)18-9-15-13(16-18)22(20,21)12-8-10-4-5-11(12)7-10/h9-12H,3-8H2,1-2H3. The lowest BCUT2D eigenvalue weighted by Crippen LogP contribution is -2.32. The monoisotopic (exact) mass is 326 g/mol. The molecule has 0 radical (unpaired) electrons. The van der Waals surface area contributed by atoms with Crippen molar-refractivity contribution in [1.29, 1.82) is 0 Å². The third-order valence-corrected chi connectivity index (χ3v) is 6.95. The zero-order valence-electron chi connectivity index (χ0n) is 13.0. The second-order valence-corrected chi connectivity index (χ2v) is 8.49. The predicted molar refractivity (Wildman–Crippen MR) is 80.2 cm³/mol. The van der Waals surface area contributed by atoms with Crippen LogP contribution in [0.2, 0.25) is 0 Å². The summed E-state index contributed by atoms with van der Waals surface area (Å²) in [5, 5.41) is 3.36. The molecule has 1 heterocycles. The average Bonchev–Trinajstić information content (AvgIpc) is 3.22. The van der Waals surface area contributed by atoms with Gasteiger partial charge in [-0.05, 0) is 37.5 Å². The molecule has 2 aliphatic rings. The van der Waals surface area contributed by atoms with Crippen molar-refractivity contribution in [3.8, 4) is 0 Å². The minimum atomic E-state index is -3.53. The van der Waals surface area contributed by atoms with E-state index in [1.54, 1.807) is 7.05 Å². The fraction of sp³-hybridized carbons (Fsp3) is 0.786. The molecule has 1 aromatic heterocycles. The fourth-order valence-electron chi connectivity index (χ4n) is 3.78. The zero-order valence-corrected chi connectivity index (χ0v) is 13.8. The normalized spacial score (nSPS) is 27.3. The minimum absolute atomic E-state index is 0.205. The Kier molecular flexibility index (Phi) is 3.96. The first-order chi connectivity index (χ1) is 10.4. The van der Waals surface area contributed by atoms with Gasteiger partial charge >= 0.3 is 6.03 Å². The average molecular weight is 326 g/mol. The largest absolute Gasteiger partial charge is 0.345 e. The Morgan fingerprint density at radius 3 is 2.77 bits per heavy atom. The first-order valence-corrected chi connectivity index (χ1v) is 9.39. The predicted octanol–water partition coefficient (Wildman–Crippen LogP) is 1.55. The van der Waals surface area contributed by atoms with E-state index in [4.69, 9.17) is 0 Å². The van der Waals surface area contributed by atoms with Gasteiger partial charge in [-0.25, -0.2) is 18.2 Å². The number of hydrogen-bond acceptors (Lipinski definition) is 5. The minimum Gasteiger partial charge on any atom is -0.326 e. The number of nitrogens with zero attached hydrogens (tertiary/aromatic N) is 4. The summed E-state index contributed by atoms with van der Waals surface area (Å²) in [4.78, 5) is 17.5. The van der Waals surface area contributed by atoms with Crippen molar-refractivity contribution in [3.05, 3.63) is 6.33 Å². The molecule has 122 valence electrons. The van der Waals surface area contributed by atoms with Gasteiger partial charge in [0, 0.05) is 13.6 Å². The second kappa shape index (κ2) is 5.64. The molecule has 3 unspecified atom stereocenters. The van der Waals surface area contributed by atoms with Gasteiger partial charge in [-0.2, -0.15) is 4.68 Å². The number of sulfone groups is 1. The van der Waals surface area contributed by atoms with Gasteiger partial charge in [0.05, 0.1) is 5.25 Å². The van der Waals surface area contributed by atoms with Gasteiger partial charge in [-0.15, -0.1) is 5.10 Å². The molecule has 0 aromatic carbocycles. The number of aromatic nitrogens is 3. The van der Waals surface area contributed by atoms with E-state index in [9.17, 15) is 13.2 Å². The Labute approximate surface area is 130 Å². The maximum atomic E-state index is 12.7. The highest BCUT2D eigenvalue weighted by Gasteiger charge is 2.47. The van der Waals surface area contributed by atoms with Crippen LogP contribution < -0.4 is 0 Å². The fourth-order valence-corrected chi connectivity index (χ4v) is 5.72. The molecule has 0 N–H and O–H groups in total. The van der Waals surface area contributed by atoms with Crippen molar-refractivity contribution in [3.63, 3.8) is 0 Å². The first kappa shape index (κ1) is 15.5. The molecule has 2 bridgehead atoms. The molecule has 1 amide bonds. The number of fused-ring (bicyclic) bond motifs is 2. The van der Waals surface area contributed by atoms with Crippen LogP contribution >= 0.6 is 0 Å². The number of carbonyl (C=O) groups is 1. The van der Waals surface area contributed by atoms with E-state index in [1.807, 2.05) is 6.92 Å². The molecule has 1 aromatic rings. The van der Waals surface area contributed by atoms with Crippen LogP contribution in [0.3, 0.4) is 0 Å². The molecule has 2 saturated carbocycles. The van der Waals surface area contributed by atoms with Crippen LogP contribution in [0.5, 0.6) is 0 Å². The van der Waals surface area contributed by atoms with Crippen LogP contribution in [-0.2, 0) is 9.84 Å². The van der Waals surface area contributed by atoms with Crippen molar-refractivity contribution >= 4 is 15.9 Å². The lowest BCUT2D eigenvalue weighted by Gasteiger charge is -2.19. The third kappa shape index (κ3) is 2.53. The van der Waals surface area contributed by atoms with E-state index < -0.39 is 9.84 Å². The van der Waals surface area contributed by atoms with Crippen LogP contribution in [0.4, 0.5) is 4.79 Å². The summed E-state index contributed by atoms with van der Waals surface area (Å²) in [6.45, 7) is 2.56. The molecule has 8 heteroatoms. The van der Waals surface area contributed by atoms with Gasteiger partial charge in [0.25, 0.3) is 5.16 Å². The van der Waals surface area contributed by atoms with Crippen molar-refractivity contribution in [1.82, 2.24) is 19.7 Å². The van der Waals surface area contributed by atoms with Crippen molar-refractivity contribution in [2.75, 3.05) is 13.6 Å². The zero-order chi connectivity index (χ0) is 15.9. The lowest BCUT2D eigenvalue weighted by atomic mass is 10.0. The van der Waals surface area contributed by atoms with Gasteiger partial charge in [0.15, 0.2) is 0 Å². The summed E-state index contributed by atoms with van der Waals surface area (Å²) in [5.41, 5.74) is 0. The summed E-state index contributed by atoms with van der Waals surface area (Å²) in [7, 11) is -1.87. The van der Waals surface area contributed by atoms with E-state index in [0.29, 0.717) is 18.9 Å². The third-order valence-electron chi connectivity index (χ3n) is 4.88. The molecule has 0 spiro atoms. The molecular weight excluding hydrogens is 304 g/mol. The Hall–Kier alpha value is -1.44. The van der Waals surface area contributed by atoms with Gasteiger partial charge in [0.2, 0.25) is 9.84 Å². The first-order valence-electron chi connectivity index (χ1n) is 7.84. The molecule has 2 aliphatic carbocycles. The van der Waals surface area contributed by atoms with Crippen molar-refractivity contribution < 1.29 is 13.2 Å². The smallest absolute Gasteiger partial charge is 0.326 e. The highest BCUT2D eigenvalue weighted by atomic mass is 32.2. The highest BCUT2D eigenvalue weighted by molar-refractivity contribution is 7.91. The molecule has 0 aliphatic heterocycles. The summed E-state index contributed by atoms with van der Waals surface area (Å²) >= 11 is 0. The number of carbonyl (C=O) groups excluding carboxylic acids is 1. The molecule has 2 fully saturated rings. The van der Waals surface area contributed by atoms with E-state index in [1.165, 1.54) is 11.2 Å². The van der Waals surface area contributed by atoms with Crippen LogP contribution in [0.25, 0.3) is 0 Å². The van der Waals surface area contributed by atoms with Crippen molar-refractivity contribution in [2.24, 2.45) is 11.8 Å². The lowest BCUT2D eigenvalue weighted by molar-refractivity contribution is 0.207. The van der Waals surface area contributed by atoms with Gasteiger partial charge in [0.1, 0.15) is 6.33 Å². The number of amides is 1. The summed E-state index contributed by atoms with van der Waals surface area (Å²) in [6, 6.07) is -0.358. The Morgan fingerprint density at radius 1 is 1.41 bits per heavy atom. The van der Waals surface area contributed by atoms with E-state index in [-0.39, 0.29) is 22.4 Å². The van der Waals surface area contributed by atoms with Gasteiger partial charge < -0.3 is 4.90 Å². The van der Waals surface area contributed by atoms with E-state index in [0.717, 1.165) is 30.4 Å². The summed E-state index contributed by atoms with van der Waals surface area (Å²) < 4.78 is 26.4. The molecule has 7 nitrogen and oxygen atoms in total. The summed E-state index contributed by atoms with van der Waals surface area (Å²) in [6.07, 6.45) is 5.86. The van der Waals surface area contributed by atoms with E-state index in [2.05, 4.69) is 10.1 Å². The second-order valence-electron chi connectivity index (χ2n) is 6.43. The van der Waals surface area contributed by atoms with Crippen LogP contribution in [0.15, 0.2) is 11.5 Å². The molecule has 0 saturated heterocycles. The van der Waals surface area contributed by atoms with Gasteiger partial charge in [-0.3, -0.25) is 0 Å². The Balaban J connectivity index is 1.80. The topological polar surface area (TPSA) is 85.2 Å². The maximum Gasteiger partial charge on any atom is 0.345 e. The molecule has 3 atom stereocenters. The van der Waals surface area contributed by atoms with Crippen LogP contribution in [0, 0.1) is 11.8 Å². The highest BCUT2D eigenvalue weighted by Crippen LogP contribution is 2.48. The molecule has 3 rings (SSSR count). The number of hydrogen-bond donors (Lipinski definition) is 0. The quantitative estimate of drug-likeness (QED) is 0.838. The van der Waals surface area contributed by atoms with Crippen LogP contribution in [0.1, 0.15) is 39.0 Å². The Morgan fingerprint density at radius 2 is 2.18 bits per heavy atom. The Bertz CT molecular complexity index is 669. The molecule has 22 heavy (non-hydrogen) atoms. The SMILES string of the molecule is CCCN(C)C(=O)n1cnc(S(=O)(=O)C2CC3CCC2C3)n1. The van der Waals surface area contributed by atoms with Gasteiger partial charge in [-0.1, -0.05) is 13.3 Å². The summed E-state index contributed by atoms with van der Waals surface area (Å²) in [5.74, 6) is 0.768. The maximum absolute atomic E-state index is 12.7. The number of rotatable bonds is 4. The van der Waals surface area contributed by atoms with Crippen molar-refractivity contribution in [2.45, 2.75) is 49.4 Å².